The monoisotopic (exact) mass is 388 g/mol. The van der Waals surface area contributed by atoms with Crippen molar-refractivity contribution in [1.82, 2.24) is 9.99 Å². The molecular formula is C18H14Cl2N4O2. The number of nitrogens with one attached hydrogen (secondary N) is 1. The van der Waals surface area contributed by atoms with E-state index in [0.717, 1.165) is 16.5 Å². The molecule has 26 heavy (non-hydrogen) atoms. The fraction of sp³-hybridized carbons (Fsp3) is 0.0556. The standard InChI is InChI=1S/C18H14Cl2N4O2/c19-12-5-6-14(15(20)7-12)18(26)23-22-8-11-9-24(10-17(21)25)16-4-2-1-3-13(11)16/h1-9H,10H2,(H2,21,25)(H,23,26). The van der Waals surface area contributed by atoms with E-state index in [0.29, 0.717) is 5.02 Å². The van der Waals surface area contributed by atoms with Crippen LogP contribution in [0.1, 0.15) is 15.9 Å². The summed E-state index contributed by atoms with van der Waals surface area (Å²) in [4.78, 5) is 23.4. The second-order valence-corrected chi connectivity index (χ2v) is 6.36. The molecule has 0 bridgehead atoms. The first-order valence-electron chi connectivity index (χ1n) is 7.60. The number of para-hydroxylation sites is 1. The zero-order valence-electron chi connectivity index (χ0n) is 13.4. The Morgan fingerprint density at radius 3 is 2.69 bits per heavy atom. The molecule has 0 saturated carbocycles. The summed E-state index contributed by atoms with van der Waals surface area (Å²) in [7, 11) is 0. The van der Waals surface area contributed by atoms with Gasteiger partial charge in [-0.25, -0.2) is 5.43 Å². The van der Waals surface area contributed by atoms with E-state index in [9.17, 15) is 9.59 Å². The third kappa shape index (κ3) is 3.87. The normalized spacial score (nSPS) is 11.2. The van der Waals surface area contributed by atoms with E-state index in [-0.39, 0.29) is 17.1 Å². The molecule has 0 spiro atoms. The van der Waals surface area contributed by atoms with Crippen LogP contribution in [0.4, 0.5) is 0 Å². The van der Waals surface area contributed by atoms with Crippen molar-refractivity contribution in [3.05, 3.63) is 69.8 Å². The quantitative estimate of drug-likeness (QED) is 0.518. The number of carbonyl (C=O) groups is 2. The van der Waals surface area contributed by atoms with Crippen molar-refractivity contribution in [2.75, 3.05) is 0 Å². The molecule has 0 unspecified atom stereocenters. The number of fused-ring (bicyclic) bond motifs is 1. The molecular weight excluding hydrogens is 375 g/mol. The van der Waals surface area contributed by atoms with Crippen LogP contribution in [0.3, 0.4) is 0 Å². The summed E-state index contributed by atoms with van der Waals surface area (Å²) in [5.74, 6) is -0.899. The van der Waals surface area contributed by atoms with Crippen LogP contribution < -0.4 is 11.2 Å². The highest BCUT2D eigenvalue weighted by Gasteiger charge is 2.11. The van der Waals surface area contributed by atoms with Crippen LogP contribution in [0.5, 0.6) is 0 Å². The number of halogens is 2. The summed E-state index contributed by atoms with van der Waals surface area (Å²) in [6.07, 6.45) is 3.25. The third-order valence-corrected chi connectivity index (χ3v) is 4.24. The lowest BCUT2D eigenvalue weighted by Gasteiger charge is -2.02. The first-order valence-corrected chi connectivity index (χ1v) is 8.36. The number of carbonyl (C=O) groups excluding carboxylic acids is 2. The Labute approximate surface area is 159 Å². The fourth-order valence-electron chi connectivity index (χ4n) is 2.57. The van der Waals surface area contributed by atoms with Gasteiger partial charge in [0, 0.05) is 27.7 Å². The highest BCUT2D eigenvalue weighted by molar-refractivity contribution is 6.36. The van der Waals surface area contributed by atoms with E-state index in [1.54, 1.807) is 16.8 Å². The van der Waals surface area contributed by atoms with Crippen molar-refractivity contribution in [3.63, 3.8) is 0 Å². The lowest BCUT2D eigenvalue weighted by atomic mass is 10.2. The van der Waals surface area contributed by atoms with Gasteiger partial charge in [-0.15, -0.1) is 0 Å². The van der Waals surface area contributed by atoms with Gasteiger partial charge in [-0.2, -0.15) is 5.10 Å². The van der Waals surface area contributed by atoms with Crippen molar-refractivity contribution in [3.8, 4) is 0 Å². The lowest BCUT2D eigenvalue weighted by Crippen LogP contribution is -2.18. The summed E-state index contributed by atoms with van der Waals surface area (Å²) in [5, 5.41) is 5.54. The molecule has 0 atom stereocenters. The van der Waals surface area contributed by atoms with Crippen molar-refractivity contribution in [1.29, 1.82) is 0 Å². The van der Waals surface area contributed by atoms with Crippen molar-refractivity contribution >= 4 is 52.1 Å². The number of benzene rings is 2. The number of nitrogens with zero attached hydrogens (tertiary/aromatic N) is 2. The number of aromatic nitrogens is 1. The minimum Gasteiger partial charge on any atom is -0.368 e. The zero-order chi connectivity index (χ0) is 18.7. The predicted molar refractivity (Wildman–Crippen MR) is 103 cm³/mol. The fourth-order valence-corrected chi connectivity index (χ4v) is 3.07. The van der Waals surface area contributed by atoms with E-state index in [1.807, 2.05) is 24.3 Å². The summed E-state index contributed by atoms with van der Waals surface area (Å²) < 4.78 is 1.73. The topological polar surface area (TPSA) is 89.5 Å². The summed E-state index contributed by atoms with van der Waals surface area (Å²) >= 11 is 11.8. The minimum atomic E-state index is -0.455. The Balaban J connectivity index is 1.82. The van der Waals surface area contributed by atoms with E-state index >= 15 is 0 Å². The Kier molecular flexibility index (Phi) is 5.25. The summed E-state index contributed by atoms with van der Waals surface area (Å²) in [6, 6.07) is 12.1. The molecule has 0 saturated heterocycles. The molecule has 6 nitrogen and oxygen atoms in total. The van der Waals surface area contributed by atoms with Crippen molar-refractivity contribution < 1.29 is 9.59 Å². The number of rotatable bonds is 5. The number of nitrogens with two attached hydrogens (primary N) is 1. The number of hydrazone groups is 1. The molecule has 0 fully saturated rings. The molecule has 0 aliphatic heterocycles. The predicted octanol–water partition coefficient (Wildman–Crippen LogP) is 3.20. The van der Waals surface area contributed by atoms with Crippen LogP contribution in [0.25, 0.3) is 10.9 Å². The van der Waals surface area contributed by atoms with Gasteiger partial charge >= 0.3 is 0 Å². The second kappa shape index (κ2) is 7.59. The minimum absolute atomic E-state index is 0.0566. The molecule has 3 aromatic rings. The highest BCUT2D eigenvalue weighted by atomic mass is 35.5. The Morgan fingerprint density at radius 1 is 1.19 bits per heavy atom. The molecule has 8 heteroatoms. The van der Waals surface area contributed by atoms with Gasteiger partial charge < -0.3 is 10.3 Å². The van der Waals surface area contributed by atoms with Gasteiger partial charge in [-0.05, 0) is 24.3 Å². The molecule has 1 heterocycles. The van der Waals surface area contributed by atoms with Gasteiger partial charge in [0.1, 0.15) is 6.54 Å². The first-order chi connectivity index (χ1) is 12.5. The molecule has 2 aromatic carbocycles. The molecule has 0 aliphatic carbocycles. The largest absolute Gasteiger partial charge is 0.368 e. The summed E-state index contributed by atoms with van der Waals surface area (Å²) in [6.45, 7) is 0.0566. The smallest absolute Gasteiger partial charge is 0.272 e. The van der Waals surface area contributed by atoms with Gasteiger partial charge in [0.05, 0.1) is 16.8 Å². The highest BCUT2D eigenvalue weighted by Crippen LogP contribution is 2.21. The number of primary amides is 1. The van der Waals surface area contributed by atoms with Gasteiger partial charge in [0.15, 0.2) is 0 Å². The number of hydrogen-bond acceptors (Lipinski definition) is 3. The molecule has 3 rings (SSSR count). The maximum absolute atomic E-state index is 12.2. The van der Waals surface area contributed by atoms with Gasteiger partial charge in [-0.1, -0.05) is 41.4 Å². The molecule has 132 valence electrons. The van der Waals surface area contributed by atoms with E-state index in [1.165, 1.54) is 18.3 Å². The number of hydrogen-bond donors (Lipinski definition) is 2. The molecule has 0 aliphatic rings. The maximum atomic E-state index is 12.2. The maximum Gasteiger partial charge on any atom is 0.272 e. The van der Waals surface area contributed by atoms with Gasteiger partial charge in [-0.3, -0.25) is 9.59 Å². The molecule has 1 aromatic heterocycles. The Bertz CT molecular complexity index is 1030. The molecule has 3 N–H and O–H groups in total. The van der Waals surface area contributed by atoms with E-state index in [2.05, 4.69) is 10.5 Å². The zero-order valence-corrected chi connectivity index (χ0v) is 15.0. The lowest BCUT2D eigenvalue weighted by molar-refractivity contribution is -0.118. The first kappa shape index (κ1) is 18.0. The SMILES string of the molecule is NC(=O)Cn1cc(C=NNC(=O)c2ccc(Cl)cc2Cl)c2ccccc21. The van der Waals surface area contributed by atoms with E-state index < -0.39 is 11.8 Å². The van der Waals surface area contributed by atoms with Crippen LogP contribution in [0.15, 0.2) is 53.8 Å². The van der Waals surface area contributed by atoms with Crippen LogP contribution in [0.2, 0.25) is 10.0 Å². The number of amides is 2. The van der Waals surface area contributed by atoms with Crippen molar-refractivity contribution in [2.45, 2.75) is 6.54 Å². The van der Waals surface area contributed by atoms with Crippen molar-refractivity contribution in [2.24, 2.45) is 10.8 Å². The Morgan fingerprint density at radius 2 is 1.96 bits per heavy atom. The Hall–Kier alpha value is -2.83. The average molecular weight is 389 g/mol. The van der Waals surface area contributed by atoms with Crippen LogP contribution in [-0.2, 0) is 11.3 Å². The second-order valence-electron chi connectivity index (χ2n) is 5.52. The molecule has 0 radical (unpaired) electrons. The van der Waals surface area contributed by atoms with Gasteiger partial charge in [0.25, 0.3) is 5.91 Å². The van der Waals surface area contributed by atoms with Crippen LogP contribution in [0, 0.1) is 0 Å². The summed E-state index contributed by atoms with van der Waals surface area (Å²) in [5.41, 5.74) is 9.56. The van der Waals surface area contributed by atoms with Crippen LogP contribution in [-0.4, -0.2) is 22.6 Å². The van der Waals surface area contributed by atoms with Gasteiger partial charge in [0.2, 0.25) is 5.91 Å². The average Bonchev–Trinajstić information content (AvgIpc) is 2.92. The molecule has 2 amide bonds. The van der Waals surface area contributed by atoms with Crippen LogP contribution >= 0.6 is 23.2 Å². The third-order valence-electron chi connectivity index (χ3n) is 3.69. The van der Waals surface area contributed by atoms with E-state index in [4.69, 9.17) is 28.9 Å².